The molecular formula is C13H17N3O2. The summed E-state index contributed by atoms with van der Waals surface area (Å²) in [5.41, 5.74) is 0.702. The number of aliphatic hydroxyl groups excluding tert-OH is 1. The van der Waals surface area contributed by atoms with Crippen molar-refractivity contribution in [2.24, 2.45) is 0 Å². The van der Waals surface area contributed by atoms with Crippen LogP contribution >= 0.6 is 0 Å². The fourth-order valence-corrected chi connectivity index (χ4v) is 1.45. The molecule has 18 heavy (non-hydrogen) atoms. The van der Waals surface area contributed by atoms with Crippen LogP contribution in [0.2, 0.25) is 0 Å². The largest absolute Gasteiger partial charge is 0.385 e. The first-order valence-corrected chi connectivity index (χ1v) is 5.82. The summed E-state index contributed by atoms with van der Waals surface area (Å²) in [5.74, 6) is 3.35. The molecule has 0 unspecified atom stereocenters. The van der Waals surface area contributed by atoms with E-state index in [1.165, 1.54) is 0 Å². The molecule has 0 aliphatic carbocycles. The Labute approximate surface area is 106 Å². The second-order valence-corrected chi connectivity index (χ2v) is 3.42. The van der Waals surface area contributed by atoms with E-state index in [4.69, 9.17) is 10.9 Å². The van der Waals surface area contributed by atoms with Gasteiger partial charge in [0.25, 0.3) is 0 Å². The van der Waals surface area contributed by atoms with Gasteiger partial charge in [-0.05, 0) is 12.8 Å². The lowest BCUT2D eigenvalue weighted by Gasteiger charge is -2.07. The van der Waals surface area contributed by atoms with Crippen LogP contribution in [0.3, 0.4) is 0 Å². The molecule has 2 aromatic heterocycles. The van der Waals surface area contributed by atoms with Crippen LogP contribution in [0.4, 0.5) is 0 Å². The van der Waals surface area contributed by atoms with Gasteiger partial charge >= 0.3 is 0 Å². The number of aliphatic hydroxyl groups is 1. The minimum Gasteiger partial charge on any atom is -0.385 e. The Kier molecular flexibility index (Phi) is 5.15. The molecule has 2 heterocycles. The van der Waals surface area contributed by atoms with Crippen molar-refractivity contribution in [3.8, 4) is 12.3 Å². The topological polar surface area (TPSA) is 64.1 Å². The zero-order valence-corrected chi connectivity index (χ0v) is 10.8. The molecule has 0 radical (unpaired) electrons. The number of imidazole rings is 1. The molecule has 96 valence electrons. The zero-order chi connectivity index (χ0) is 13.5. The second kappa shape index (κ2) is 6.62. The molecule has 0 amide bonds. The average Bonchev–Trinajstić information content (AvgIpc) is 3.01. The highest BCUT2D eigenvalue weighted by Crippen LogP contribution is 2.12. The highest BCUT2D eigenvalue weighted by atomic mass is 16.5. The van der Waals surface area contributed by atoms with Crippen molar-refractivity contribution in [2.45, 2.75) is 33.4 Å². The standard InChI is InChI=1S/C11H11N3O2.C2H6/c1-3-10-6-9(13-16-10)7-14-5-4-12-11(14)8(2)15;1-2/h1,4-6,8,15H,7H2,2H3;1-2H3/t8-;/m0./s1. The van der Waals surface area contributed by atoms with Crippen LogP contribution in [0.25, 0.3) is 0 Å². The Balaban J connectivity index is 0.000000771. The summed E-state index contributed by atoms with van der Waals surface area (Å²) in [6.07, 6.45) is 7.95. The summed E-state index contributed by atoms with van der Waals surface area (Å²) in [6.45, 7) is 6.14. The molecule has 2 aromatic rings. The van der Waals surface area contributed by atoms with Crippen LogP contribution in [0.5, 0.6) is 0 Å². The number of nitrogens with zero attached hydrogens (tertiary/aromatic N) is 3. The maximum absolute atomic E-state index is 9.46. The van der Waals surface area contributed by atoms with Crippen molar-refractivity contribution >= 4 is 0 Å². The van der Waals surface area contributed by atoms with E-state index < -0.39 is 6.10 Å². The molecule has 0 spiro atoms. The molecule has 0 aliphatic rings. The summed E-state index contributed by atoms with van der Waals surface area (Å²) in [7, 11) is 0. The van der Waals surface area contributed by atoms with Crippen LogP contribution in [-0.2, 0) is 6.54 Å². The van der Waals surface area contributed by atoms with Gasteiger partial charge in [0.2, 0.25) is 5.76 Å². The molecule has 0 aliphatic heterocycles. The monoisotopic (exact) mass is 247 g/mol. The fourth-order valence-electron chi connectivity index (χ4n) is 1.45. The van der Waals surface area contributed by atoms with E-state index >= 15 is 0 Å². The van der Waals surface area contributed by atoms with Gasteiger partial charge in [0.05, 0.1) is 6.54 Å². The SMILES string of the molecule is C#Cc1cc(Cn2ccnc2[C@H](C)O)no1.CC. The van der Waals surface area contributed by atoms with E-state index in [9.17, 15) is 5.11 Å². The van der Waals surface area contributed by atoms with Gasteiger partial charge in [0.1, 0.15) is 17.6 Å². The minimum absolute atomic E-state index is 0.397. The van der Waals surface area contributed by atoms with Crippen LogP contribution in [-0.4, -0.2) is 19.8 Å². The quantitative estimate of drug-likeness (QED) is 0.842. The smallest absolute Gasteiger partial charge is 0.209 e. The number of hydrogen-bond donors (Lipinski definition) is 1. The van der Waals surface area contributed by atoms with Gasteiger partial charge in [-0.1, -0.05) is 19.0 Å². The molecule has 2 rings (SSSR count). The van der Waals surface area contributed by atoms with E-state index in [1.54, 1.807) is 30.0 Å². The molecule has 0 fully saturated rings. The molecule has 5 heteroatoms. The van der Waals surface area contributed by atoms with Gasteiger partial charge in [0, 0.05) is 18.5 Å². The Morgan fingerprint density at radius 3 is 2.83 bits per heavy atom. The van der Waals surface area contributed by atoms with Crippen molar-refractivity contribution in [2.75, 3.05) is 0 Å². The predicted octanol–water partition coefficient (Wildman–Crippen LogP) is 1.98. The van der Waals surface area contributed by atoms with Crippen molar-refractivity contribution in [3.05, 3.63) is 35.7 Å². The van der Waals surface area contributed by atoms with Gasteiger partial charge in [-0.15, -0.1) is 6.42 Å². The van der Waals surface area contributed by atoms with E-state index in [0.29, 0.717) is 23.8 Å². The molecule has 5 nitrogen and oxygen atoms in total. The predicted molar refractivity (Wildman–Crippen MR) is 67.7 cm³/mol. The maximum atomic E-state index is 9.46. The van der Waals surface area contributed by atoms with Crippen LogP contribution in [0.1, 0.15) is 44.2 Å². The third-order valence-corrected chi connectivity index (χ3v) is 2.15. The van der Waals surface area contributed by atoms with Crippen molar-refractivity contribution < 1.29 is 9.63 Å². The number of terminal acetylenes is 1. The minimum atomic E-state index is -0.617. The maximum Gasteiger partial charge on any atom is 0.209 e. The summed E-state index contributed by atoms with van der Waals surface area (Å²) < 4.78 is 6.68. The fraction of sp³-hybridized carbons (Fsp3) is 0.385. The molecule has 1 N–H and O–H groups in total. The highest BCUT2D eigenvalue weighted by molar-refractivity contribution is 5.22. The summed E-state index contributed by atoms with van der Waals surface area (Å²) in [4.78, 5) is 4.05. The lowest BCUT2D eigenvalue weighted by Crippen LogP contribution is -2.07. The van der Waals surface area contributed by atoms with Gasteiger partial charge in [-0.2, -0.15) is 0 Å². The summed E-state index contributed by atoms with van der Waals surface area (Å²) in [5, 5.41) is 13.3. The molecule has 0 aromatic carbocycles. The van der Waals surface area contributed by atoms with E-state index in [2.05, 4.69) is 16.1 Å². The first kappa shape index (κ1) is 14.0. The van der Waals surface area contributed by atoms with Crippen molar-refractivity contribution in [3.63, 3.8) is 0 Å². The molecule has 0 bridgehead atoms. The lowest BCUT2D eigenvalue weighted by atomic mass is 10.3. The molecule has 0 saturated carbocycles. The van der Waals surface area contributed by atoms with Crippen LogP contribution in [0.15, 0.2) is 23.0 Å². The van der Waals surface area contributed by atoms with Gasteiger partial charge < -0.3 is 14.2 Å². The van der Waals surface area contributed by atoms with Gasteiger partial charge in [-0.25, -0.2) is 4.98 Å². The average molecular weight is 247 g/mol. The normalized spacial score (nSPS) is 11.3. The Hall–Kier alpha value is -2.06. The number of rotatable bonds is 3. The number of hydrogen-bond acceptors (Lipinski definition) is 4. The van der Waals surface area contributed by atoms with Crippen molar-refractivity contribution in [1.29, 1.82) is 0 Å². The van der Waals surface area contributed by atoms with Crippen molar-refractivity contribution in [1.82, 2.24) is 14.7 Å². The zero-order valence-electron chi connectivity index (χ0n) is 10.8. The highest BCUT2D eigenvalue weighted by Gasteiger charge is 2.10. The Bertz CT molecular complexity index is 520. The first-order valence-electron chi connectivity index (χ1n) is 5.82. The Morgan fingerprint density at radius 1 is 1.56 bits per heavy atom. The van der Waals surface area contributed by atoms with E-state index in [0.717, 1.165) is 0 Å². The van der Waals surface area contributed by atoms with Gasteiger partial charge in [-0.3, -0.25) is 0 Å². The molecule has 1 atom stereocenters. The molecule has 0 saturated heterocycles. The lowest BCUT2D eigenvalue weighted by molar-refractivity contribution is 0.184. The third-order valence-electron chi connectivity index (χ3n) is 2.15. The first-order chi connectivity index (χ1) is 8.70. The second-order valence-electron chi connectivity index (χ2n) is 3.42. The van der Waals surface area contributed by atoms with Crippen LogP contribution in [0, 0.1) is 12.3 Å². The van der Waals surface area contributed by atoms with Crippen LogP contribution < -0.4 is 0 Å². The van der Waals surface area contributed by atoms with E-state index in [1.807, 2.05) is 13.8 Å². The summed E-state index contributed by atoms with van der Waals surface area (Å²) >= 11 is 0. The Morgan fingerprint density at radius 2 is 2.28 bits per heavy atom. The van der Waals surface area contributed by atoms with E-state index in [-0.39, 0.29) is 0 Å². The van der Waals surface area contributed by atoms with Gasteiger partial charge in [0.15, 0.2) is 0 Å². The molecular weight excluding hydrogens is 230 g/mol. The summed E-state index contributed by atoms with van der Waals surface area (Å²) in [6, 6.07) is 1.69. The number of aromatic nitrogens is 3. The third kappa shape index (κ3) is 3.22.